The number of benzene rings is 1. The Morgan fingerprint density at radius 1 is 1.13 bits per heavy atom. The molecule has 10 heteroatoms. The van der Waals surface area contributed by atoms with E-state index < -0.39 is 6.67 Å². The number of aromatic nitrogens is 3. The van der Waals surface area contributed by atoms with Crippen molar-refractivity contribution < 1.29 is 13.9 Å². The van der Waals surface area contributed by atoms with Gasteiger partial charge < -0.3 is 20.9 Å². The smallest absolute Gasteiger partial charge is 0.192 e. The van der Waals surface area contributed by atoms with E-state index in [1.54, 1.807) is 18.4 Å². The summed E-state index contributed by atoms with van der Waals surface area (Å²) >= 11 is 3.11. The molecule has 0 bridgehead atoms. The van der Waals surface area contributed by atoms with Crippen molar-refractivity contribution in [3.05, 3.63) is 34.8 Å². The van der Waals surface area contributed by atoms with Gasteiger partial charge in [-0.15, -0.1) is 11.3 Å². The van der Waals surface area contributed by atoms with Crippen LogP contribution in [0.5, 0.6) is 11.5 Å². The maximum atomic E-state index is 12.6. The number of methoxy groups -OCH3 is 1. The van der Waals surface area contributed by atoms with Crippen molar-refractivity contribution in [2.45, 2.75) is 37.1 Å². The summed E-state index contributed by atoms with van der Waals surface area (Å²) in [7, 11) is 1.56. The zero-order valence-electron chi connectivity index (χ0n) is 17.7. The molecule has 0 spiro atoms. The van der Waals surface area contributed by atoms with E-state index in [1.807, 2.05) is 18.2 Å². The molecular formula is C21H26FN5O2S2. The number of thioether (sulfide) groups is 1. The lowest BCUT2D eigenvalue weighted by Crippen LogP contribution is -2.01. The molecule has 2 heterocycles. The Balaban J connectivity index is 1.92. The first kappa shape index (κ1) is 23.1. The Hall–Kier alpha value is -2.59. The van der Waals surface area contributed by atoms with Crippen LogP contribution in [-0.2, 0) is 6.42 Å². The fraction of sp³-hybridized carbons (Fsp3) is 0.381. The average Bonchev–Trinajstić information content (AvgIpc) is 3.15. The Bertz CT molecular complexity index is 1010. The summed E-state index contributed by atoms with van der Waals surface area (Å²) in [5.41, 5.74) is 13.5. The zero-order valence-corrected chi connectivity index (χ0v) is 19.4. The highest BCUT2D eigenvalue weighted by atomic mass is 32.2. The number of nitrogens with two attached hydrogens (primary N) is 2. The molecule has 1 atom stereocenters. The van der Waals surface area contributed by atoms with Crippen molar-refractivity contribution in [2.75, 3.05) is 31.9 Å². The van der Waals surface area contributed by atoms with Gasteiger partial charge in [0.25, 0.3) is 0 Å². The van der Waals surface area contributed by atoms with Crippen LogP contribution in [0.3, 0.4) is 0 Å². The van der Waals surface area contributed by atoms with Gasteiger partial charge in [0.15, 0.2) is 16.7 Å². The number of hydrogen-bond acceptors (Lipinski definition) is 9. The van der Waals surface area contributed by atoms with Crippen LogP contribution in [0.25, 0.3) is 10.6 Å². The van der Waals surface area contributed by atoms with Gasteiger partial charge in [-0.1, -0.05) is 25.1 Å². The van der Waals surface area contributed by atoms with Gasteiger partial charge in [-0.3, -0.25) is 0 Å². The van der Waals surface area contributed by atoms with Crippen molar-refractivity contribution in [2.24, 2.45) is 0 Å². The molecule has 3 rings (SSSR count). The van der Waals surface area contributed by atoms with Gasteiger partial charge in [0.2, 0.25) is 0 Å². The minimum Gasteiger partial charge on any atom is -0.493 e. The van der Waals surface area contributed by atoms with E-state index in [1.165, 1.54) is 22.7 Å². The second-order valence-corrected chi connectivity index (χ2v) is 9.13. The second kappa shape index (κ2) is 10.6. The normalized spacial score (nSPS) is 12.0. The second-order valence-electron chi connectivity index (χ2n) is 6.74. The van der Waals surface area contributed by atoms with E-state index >= 15 is 0 Å². The van der Waals surface area contributed by atoms with Crippen LogP contribution in [0.4, 0.5) is 16.0 Å². The third kappa shape index (κ3) is 5.76. The number of rotatable bonds is 10. The lowest BCUT2D eigenvalue weighted by molar-refractivity contribution is 0.260. The molecule has 2 aromatic heterocycles. The Morgan fingerprint density at radius 2 is 1.87 bits per heavy atom. The lowest BCUT2D eigenvalue weighted by Gasteiger charge is -2.11. The maximum absolute atomic E-state index is 12.6. The summed E-state index contributed by atoms with van der Waals surface area (Å²) in [6.45, 7) is 3.61. The predicted molar refractivity (Wildman–Crippen MR) is 125 cm³/mol. The summed E-state index contributed by atoms with van der Waals surface area (Å²) in [4.78, 5) is 14.7. The van der Waals surface area contributed by atoms with Crippen LogP contribution >= 0.6 is 23.1 Å². The minimum atomic E-state index is -0.569. The van der Waals surface area contributed by atoms with Gasteiger partial charge in [-0.05, 0) is 31.5 Å². The highest BCUT2D eigenvalue weighted by Gasteiger charge is 2.21. The highest BCUT2D eigenvalue weighted by molar-refractivity contribution is 7.99. The number of nitrogen functional groups attached to an aromatic ring is 2. The summed E-state index contributed by atoms with van der Waals surface area (Å²) in [6, 6.07) is 7.11. The Morgan fingerprint density at radius 3 is 2.52 bits per heavy atom. The van der Waals surface area contributed by atoms with Crippen LogP contribution < -0.4 is 20.9 Å². The number of nitrogens with zero attached hydrogens (tertiary/aromatic N) is 3. The van der Waals surface area contributed by atoms with Crippen LogP contribution in [0.1, 0.15) is 36.1 Å². The molecular weight excluding hydrogens is 437 g/mol. The van der Waals surface area contributed by atoms with Crippen molar-refractivity contribution in [3.63, 3.8) is 0 Å². The fourth-order valence-corrected chi connectivity index (χ4v) is 5.28. The number of halogens is 1. The van der Waals surface area contributed by atoms with Crippen molar-refractivity contribution in [1.29, 1.82) is 0 Å². The van der Waals surface area contributed by atoms with Crippen LogP contribution in [0, 0.1) is 0 Å². The number of anilines is 2. The molecule has 0 amide bonds. The van der Waals surface area contributed by atoms with Gasteiger partial charge in [0.05, 0.1) is 18.1 Å². The van der Waals surface area contributed by atoms with E-state index in [4.69, 9.17) is 25.9 Å². The van der Waals surface area contributed by atoms with E-state index in [2.05, 4.69) is 23.8 Å². The summed E-state index contributed by atoms with van der Waals surface area (Å²) in [6.07, 6.45) is 1.92. The molecule has 0 unspecified atom stereocenters. The first-order chi connectivity index (χ1) is 14.9. The summed E-state index contributed by atoms with van der Waals surface area (Å²) in [5.74, 6) is 1.74. The number of thiazole rings is 1. The molecule has 3 aromatic rings. The number of ether oxygens (including phenoxy) is 2. The van der Waals surface area contributed by atoms with Gasteiger partial charge >= 0.3 is 0 Å². The summed E-state index contributed by atoms with van der Waals surface area (Å²) in [5, 5.41) is 1.40. The number of alkyl halides is 1. The third-order valence-corrected chi connectivity index (χ3v) is 6.51. The average molecular weight is 464 g/mol. The van der Waals surface area contributed by atoms with Crippen molar-refractivity contribution in [1.82, 2.24) is 15.0 Å². The largest absolute Gasteiger partial charge is 0.493 e. The zero-order chi connectivity index (χ0) is 22.4. The van der Waals surface area contributed by atoms with Gasteiger partial charge in [-0.2, -0.15) is 0 Å². The van der Waals surface area contributed by atoms with Crippen LogP contribution in [0.2, 0.25) is 0 Å². The molecule has 0 aliphatic carbocycles. The quantitative estimate of drug-likeness (QED) is 0.322. The molecule has 0 aliphatic rings. The van der Waals surface area contributed by atoms with E-state index in [9.17, 15) is 4.39 Å². The van der Waals surface area contributed by atoms with Crippen LogP contribution in [-0.4, -0.2) is 35.3 Å². The molecule has 0 saturated heterocycles. The molecule has 0 saturated carbocycles. The molecule has 0 fully saturated rings. The molecule has 166 valence electrons. The monoisotopic (exact) mass is 463 g/mol. The van der Waals surface area contributed by atoms with E-state index in [0.717, 1.165) is 29.1 Å². The SMILES string of the molecule is CCCc1sc(-c2ccc(OC)c(OCCF)c2)nc1[C@@H](C)Sc1nc(N)cc(N)n1. The first-order valence-electron chi connectivity index (χ1n) is 9.88. The lowest BCUT2D eigenvalue weighted by atomic mass is 10.2. The Labute approximate surface area is 189 Å². The maximum Gasteiger partial charge on any atom is 0.192 e. The molecule has 31 heavy (non-hydrogen) atoms. The molecule has 0 aliphatic heterocycles. The van der Waals surface area contributed by atoms with Gasteiger partial charge in [0, 0.05) is 16.5 Å². The number of aryl methyl sites for hydroxylation is 1. The highest BCUT2D eigenvalue weighted by Crippen LogP contribution is 2.41. The Kier molecular flexibility index (Phi) is 7.91. The predicted octanol–water partition coefficient (Wildman–Crippen LogP) is 4.93. The minimum absolute atomic E-state index is 0.00764. The standard InChI is InChI=1S/C21H26FN5O2S2/c1-4-5-16-19(12(2)30-21-25-17(23)11-18(24)26-21)27-20(31-16)13-6-7-14(28-3)15(10-13)29-9-8-22/h6-7,10-12H,4-5,8-9H2,1-3H3,(H4,23,24,25,26)/t12-/m1/s1. The summed E-state index contributed by atoms with van der Waals surface area (Å²) < 4.78 is 23.4. The topological polar surface area (TPSA) is 109 Å². The number of hydrogen-bond donors (Lipinski definition) is 2. The van der Waals surface area contributed by atoms with E-state index in [0.29, 0.717) is 28.3 Å². The van der Waals surface area contributed by atoms with Gasteiger partial charge in [0.1, 0.15) is 29.9 Å². The van der Waals surface area contributed by atoms with Crippen molar-refractivity contribution >= 4 is 34.7 Å². The molecule has 4 N–H and O–H groups in total. The molecule has 1 aromatic carbocycles. The van der Waals surface area contributed by atoms with Crippen molar-refractivity contribution in [3.8, 4) is 22.1 Å². The van der Waals surface area contributed by atoms with E-state index in [-0.39, 0.29) is 11.9 Å². The fourth-order valence-electron chi connectivity index (χ4n) is 3.01. The van der Waals surface area contributed by atoms with Gasteiger partial charge in [-0.25, -0.2) is 19.3 Å². The first-order valence-corrected chi connectivity index (χ1v) is 11.6. The molecule has 0 radical (unpaired) electrons. The van der Waals surface area contributed by atoms with Crippen LogP contribution in [0.15, 0.2) is 29.4 Å². The molecule has 7 nitrogen and oxygen atoms in total. The third-order valence-electron chi connectivity index (χ3n) is 4.36.